The van der Waals surface area contributed by atoms with Gasteiger partial charge in [-0.05, 0) is 53.7 Å². The zero-order chi connectivity index (χ0) is 18.5. The molecule has 3 rings (SSSR count). The number of benzene rings is 2. The van der Waals surface area contributed by atoms with Crippen molar-refractivity contribution >= 4 is 18.0 Å². The fourth-order valence-corrected chi connectivity index (χ4v) is 2.60. The van der Waals surface area contributed by atoms with Crippen LogP contribution in [0.25, 0.3) is 11.4 Å². The van der Waals surface area contributed by atoms with Gasteiger partial charge in [0.15, 0.2) is 5.82 Å². The molecule has 0 amide bonds. The molecular weight excluding hydrogens is 365 g/mol. The minimum atomic E-state index is -2.66. The standard InChI is InChI=1S/C17H13F3N4OS/c1-25-14-8-4-12(5-9-14)15-22-23-17(26-16(19)20)24(15)21-10-11-2-6-13(18)7-3-11/h2-10,16H,1H3/b21-10-. The third kappa shape index (κ3) is 4.23. The summed E-state index contributed by atoms with van der Waals surface area (Å²) in [6.07, 6.45) is 1.42. The summed E-state index contributed by atoms with van der Waals surface area (Å²) in [6.45, 7) is 0. The van der Waals surface area contributed by atoms with E-state index in [-0.39, 0.29) is 22.7 Å². The lowest BCUT2D eigenvalue weighted by Gasteiger charge is -2.05. The molecule has 0 aliphatic carbocycles. The Bertz CT molecular complexity index is 895. The van der Waals surface area contributed by atoms with Crippen LogP contribution >= 0.6 is 11.8 Å². The average Bonchev–Trinajstić information content (AvgIpc) is 3.03. The molecule has 0 N–H and O–H groups in total. The molecule has 134 valence electrons. The number of rotatable bonds is 6. The Morgan fingerprint density at radius 3 is 2.38 bits per heavy atom. The molecule has 1 aromatic heterocycles. The molecule has 0 unspecified atom stereocenters. The van der Waals surface area contributed by atoms with Crippen LogP contribution in [0.2, 0.25) is 0 Å². The molecule has 0 bridgehead atoms. The highest BCUT2D eigenvalue weighted by Gasteiger charge is 2.18. The van der Waals surface area contributed by atoms with E-state index in [9.17, 15) is 13.2 Å². The van der Waals surface area contributed by atoms with Crippen LogP contribution in [-0.4, -0.2) is 34.0 Å². The average molecular weight is 378 g/mol. The number of alkyl halides is 2. The van der Waals surface area contributed by atoms with E-state index < -0.39 is 5.76 Å². The van der Waals surface area contributed by atoms with E-state index >= 15 is 0 Å². The van der Waals surface area contributed by atoms with Gasteiger partial charge in [-0.1, -0.05) is 12.1 Å². The largest absolute Gasteiger partial charge is 0.497 e. The molecule has 0 saturated heterocycles. The Balaban J connectivity index is 1.98. The Morgan fingerprint density at radius 2 is 1.77 bits per heavy atom. The van der Waals surface area contributed by atoms with E-state index in [1.807, 2.05) is 0 Å². The van der Waals surface area contributed by atoms with Crippen molar-refractivity contribution in [2.75, 3.05) is 7.11 Å². The van der Waals surface area contributed by atoms with Crippen LogP contribution in [0.4, 0.5) is 13.2 Å². The van der Waals surface area contributed by atoms with Crippen LogP contribution in [0.1, 0.15) is 5.56 Å². The Morgan fingerprint density at radius 1 is 1.08 bits per heavy atom. The molecule has 0 atom stereocenters. The van der Waals surface area contributed by atoms with Gasteiger partial charge in [0.25, 0.3) is 5.76 Å². The molecule has 0 fully saturated rings. The molecule has 26 heavy (non-hydrogen) atoms. The van der Waals surface area contributed by atoms with Gasteiger partial charge >= 0.3 is 0 Å². The van der Waals surface area contributed by atoms with E-state index in [1.54, 1.807) is 31.4 Å². The zero-order valence-corrected chi connectivity index (χ0v) is 14.3. The predicted octanol–water partition coefficient (Wildman–Crippen LogP) is 4.29. The van der Waals surface area contributed by atoms with Crippen molar-refractivity contribution in [2.45, 2.75) is 10.9 Å². The minimum absolute atomic E-state index is 0.0517. The summed E-state index contributed by atoms with van der Waals surface area (Å²) in [6, 6.07) is 12.5. The van der Waals surface area contributed by atoms with Crippen molar-refractivity contribution in [1.82, 2.24) is 14.9 Å². The second-order valence-corrected chi connectivity index (χ2v) is 5.98. The van der Waals surface area contributed by atoms with Crippen molar-refractivity contribution in [1.29, 1.82) is 0 Å². The topological polar surface area (TPSA) is 52.3 Å². The summed E-state index contributed by atoms with van der Waals surface area (Å²) in [7, 11) is 1.54. The molecule has 0 aliphatic rings. The van der Waals surface area contributed by atoms with Gasteiger partial charge in [-0.2, -0.15) is 18.6 Å². The van der Waals surface area contributed by atoms with Crippen molar-refractivity contribution in [3.8, 4) is 17.1 Å². The lowest BCUT2D eigenvalue weighted by Crippen LogP contribution is -1.98. The summed E-state index contributed by atoms with van der Waals surface area (Å²) in [4.78, 5) is 0. The van der Waals surface area contributed by atoms with Crippen molar-refractivity contribution in [2.24, 2.45) is 5.10 Å². The first kappa shape index (κ1) is 18.0. The van der Waals surface area contributed by atoms with Crippen LogP contribution in [0.15, 0.2) is 58.8 Å². The highest BCUT2D eigenvalue weighted by Crippen LogP contribution is 2.28. The molecule has 5 nitrogen and oxygen atoms in total. The summed E-state index contributed by atoms with van der Waals surface area (Å²) in [5.41, 5.74) is 1.24. The smallest absolute Gasteiger partial charge is 0.291 e. The Kier molecular flexibility index (Phi) is 5.57. The molecule has 1 heterocycles. The van der Waals surface area contributed by atoms with Crippen LogP contribution in [0.5, 0.6) is 5.75 Å². The second-order valence-electron chi connectivity index (χ2n) is 5.02. The minimum Gasteiger partial charge on any atom is -0.497 e. The first-order valence-electron chi connectivity index (χ1n) is 7.41. The summed E-state index contributed by atoms with van der Waals surface area (Å²) < 4.78 is 44.9. The number of ether oxygens (including phenoxy) is 1. The maximum absolute atomic E-state index is 13.0. The third-order valence-electron chi connectivity index (χ3n) is 3.35. The van der Waals surface area contributed by atoms with Gasteiger partial charge in [0.2, 0.25) is 5.16 Å². The molecule has 2 aromatic carbocycles. The van der Waals surface area contributed by atoms with Gasteiger partial charge in [-0.15, -0.1) is 10.2 Å². The fraction of sp³-hybridized carbons (Fsp3) is 0.118. The summed E-state index contributed by atoms with van der Waals surface area (Å²) >= 11 is 0.243. The lowest BCUT2D eigenvalue weighted by atomic mass is 10.2. The SMILES string of the molecule is COc1ccc(-c2nnc(SC(F)F)n2/N=C\c2ccc(F)cc2)cc1. The molecular formula is C17H13F3N4OS. The molecule has 9 heteroatoms. The van der Waals surface area contributed by atoms with Crippen LogP contribution in [-0.2, 0) is 0 Å². The van der Waals surface area contributed by atoms with Gasteiger partial charge in [0.1, 0.15) is 11.6 Å². The predicted molar refractivity (Wildman–Crippen MR) is 93.3 cm³/mol. The highest BCUT2D eigenvalue weighted by molar-refractivity contribution is 7.99. The van der Waals surface area contributed by atoms with E-state index in [0.29, 0.717) is 22.7 Å². The Hall–Kier alpha value is -2.81. The van der Waals surface area contributed by atoms with E-state index in [2.05, 4.69) is 15.3 Å². The first-order chi connectivity index (χ1) is 12.6. The van der Waals surface area contributed by atoms with Gasteiger partial charge in [0, 0.05) is 5.56 Å². The van der Waals surface area contributed by atoms with Gasteiger partial charge < -0.3 is 4.74 Å². The van der Waals surface area contributed by atoms with Crippen LogP contribution < -0.4 is 4.74 Å². The van der Waals surface area contributed by atoms with Gasteiger partial charge in [-0.3, -0.25) is 0 Å². The summed E-state index contributed by atoms with van der Waals surface area (Å²) in [5.74, 6) is -2.09. The number of halogens is 3. The van der Waals surface area contributed by atoms with Crippen molar-refractivity contribution in [3.05, 3.63) is 59.9 Å². The maximum atomic E-state index is 13.0. The van der Waals surface area contributed by atoms with E-state index in [0.717, 1.165) is 0 Å². The number of aromatic nitrogens is 3. The number of methoxy groups -OCH3 is 1. The first-order valence-corrected chi connectivity index (χ1v) is 8.29. The normalized spacial score (nSPS) is 11.4. The number of hydrogen-bond acceptors (Lipinski definition) is 5. The van der Waals surface area contributed by atoms with Crippen molar-refractivity contribution < 1.29 is 17.9 Å². The van der Waals surface area contributed by atoms with E-state index in [4.69, 9.17) is 4.74 Å². The second kappa shape index (κ2) is 8.05. The number of nitrogens with zero attached hydrogens (tertiary/aromatic N) is 4. The lowest BCUT2D eigenvalue weighted by molar-refractivity contribution is 0.251. The van der Waals surface area contributed by atoms with Gasteiger partial charge in [-0.25, -0.2) is 4.39 Å². The molecule has 0 radical (unpaired) electrons. The quantitative estimate of drug-likeness (QED) is 0.474. The summed E-state index contributed by atoms with van der Waals surface area (Å²) in [5, 5.41) is 11.9. The number of thioether (sulfide) groups is 1. The number of hydrogen-bond donors (Lipinski definition) is 0. The molecule has 0 saturated carbocycles. The monoisotopic (exact) mass is 378 g/mol. The maximum Gasteiger partial charge on any atom is 0.291 e. The van der Waals surface area contributed by atoms with Crippen molar-refractivity contribution in [3.63, 3.8) is 0 Å². The van der Waals surface area contributed by atoms with Crippen LogP contribution in [0, 0.1) is 5.82 Å². The fourth-order valence-electron chi connectivity index (χ4n) is 2.12. The Labute approximate surface area is 151 Å². The zero-order valence-electron chi connectivity index (χ0n) is 13.5. The molecule has 0 aliphatic heterocycles. The van der Waals surface area contributed by atoms with Gasteiger partial charge in [0.05, 0.1) is 13.3 Å². The molecule has 0 spiro atoms. The van der Waals surface area contributed by atoms with Crippen LogP contribution in [0.3, 0.4) is 0 Å². The highest BCUT2D eigenvalue weighted by atomic mass is 32.2. The third-order valence-corrected chi connectivity index (χ3v) is 3.99. The molecule has 3 aromatic rings. The van der Waals surface area contributed by atoms with E-state index in [1.165, 1.54) is 35.2 Å².